The normalized spacial score (nSPS) is 21.6. The molecule has 0 aromatic heterocycles. The van der Waals surface area contributed by atoms with Crippen molar-refractivity contribution in [3.05, 3.63) is 35.4 Å². The number of carbonyl (C=O) groups excluding carboxylic acids is 3. The fraction of sp³-hybridized carbons (Fsp3) is 0.389. The van der Waals surface area contributed by atoms with Gasteiger partial charge in [-0.1, -0.05) is 23.8 Å². The molecule has 144 valence electrons. The second-order valence-corrected chi connectivity index (χ2v) is 6.71. The molecule has 9 heteroatoms. The first-order valence-corrected chi connectivity index (χ1v) is 8.79. The van der Waals surface area contributed by atoms with Gasteiger partial charge in [0.1, 0.15) is 5.75 Å². The van der Waals surface area contributed by atoms with Crippen LogP contribution in [0.15, 0.2) is 30.4 Å². The summed E-state index contributed by atoms with van der Waals surface area (Å²) in [4.78, 5) is 37.9. The van der Waals surface area contributed by atoms with Gasteiger partial charge in [0.2, 0.25) is 17.7 Å². The number of likely N-dealkylation sites (tertiary alicyclic amines) is 1. The topological polar surface area (TPSA) is 75.7 Å². The zero-order valence-electron chi connectivity index (χ0n) is 14.2. The molecule has 1 saturated heterocycles. The second kappa shape index (κ2) is 8.04. The molecule has 1 aromatic rings. The largest absolute Gasteiger partial charge is 0.433 e. The average Bonchev–Trinajstić information content (AvgIpc) is 2.86. The number of hydrogen-bond donors (Lipinski definition) is 1. The molecule has 0 saturated carbocycles. The molecule has 1 aromatic carbocycles. The molecule has 1 N–H and O–H groups in total. The van der Waals surface area contributed by atoms with Gasteiger partial charge >= 0.3 is 6.61 Å². The van der Waals surface area contributed by atoms with Gasteiger partial charge in [-0.15, -0.1) is 0 Å². The van der Waals surface area contributed by atoms with Gasteiger partial charge in [0, 0.05) is 18.7 Å². The maximum atomic E-state index is 12.3. The summed E-state index contributed by atoms with van der Waals surface area (Å²) in [5.74, 6) is -1.76. The van der Waals surface area contributed by atoms with E-state index < -0.39 is 12.5 Å². The monoisotopic (exact) mass is 398 g/mol. The predicted molar refractivity (Wildman–Crippen MR) is 93.4 cm³/mol. The van der Waals surface area contributed by atoms with E-state index in [4.69, 9.17) is 11.6 Å². The minimum Gasteiger partial charge on any atom is -0.433 e. The summed E-state index contributed by atoms with van der Waals surface area (Å²) in [6, 6.07) is 3.87. The lowest BCUT2D eigenvalue weighted by molar-refractivity contribution is -0.140. The first-order valence-electron chi connectivity index (χ1n) is 8.41. The molecule has 0 radical (unpaired) electrons. The summed E-state index contributed by atoms with van der Waals surface area (Å²) in [5, 5.41) is 2.48. The van der Waals surface area contributed by atoms with E-state index in [1.165, 1.54) is 18.2 Å². The Morgan fingerprint density at radius 1 is 1.22 bits per heavy atom. The average molecular weight is 399 g/mol. The highest BCUT2D eigenvalue weighted by molar-refractivity contribution is 6.32. The molecule has 3 rings (SSSR count). The first-order chi connectivity index (χ1) is 12.9. The van der Waals surface area contributed by atoms with Gasteiger partial charge in [-0.25, -0.2) is 0 Å². The van der Waals surface area contributed by atoms with Crippen LogP contribution in [0.25, 0.3) is 0 Å². The van der Waals surface area contributed by atoms with E-state index in [-0.39, 0.29) is 47.4 Å². The molecular weight excluding hydrogens is 382 g/mol. The van der Waals surface area contributed by atoms with E-state index in [2.05, 4.69) is 10.1 Å². The Balaban J connectivity index is 1.55. The van der Waals surface area contributed by atoms with Gasteiger partial charge in [0.15, 0.2) is 0 Å². The van der Waals surface area contributed by atoms with E-state index >= 15 is 0 Å². The maximum absolute atomic E-state index is 12.3. The Labute approximate surface area is 159 Å². The third-order valence-electron chi connectivity index (χ3n) is 4.59. The number of benzene rings is 1. The smallest absolute Gasteiger partial charge is 0.387 e. The molecule has 0 spiro atoms. The van der Waals surface area contributed by atoms with Crippen LogP contribution in [0.3, 0.4) is 0 Å². The van der Waals surface area contributed by atoms with Crippen molar-refractivity contribution in [2.75, 3.05) is 11.9 Å². The molecule has 27 heavy (non-hydrogen) atoms. The number of anilines is 1. The number of hydrogen-bond acceptors (Lipinski definition) is 4. The zero-order valence-corrected chi connectivity index (χ0v) is 14.9. The Bertz CT molecular complexity index is 774. The molecule has 1 aliphatic heterocycles. The number of rotatable bonds is 6. The number of nitrogens with zero attached hydrogens (tertiary/aromatic N) is 1. The van der Waals surface area contributed by atoms with Crippen LogP contribution in [0, 0.1) is 11.8 Å². The number of ether oxygens (including phenoxy) is 1. The molecule has 0 unspecified atom stereocenters. The predicted octanol–water partition coefficient (Wildman–Crippen LogP) is 3.22. The van der Waals surface area contributed by atoms with Gasteiger partial charge < -0.3 is 10.1 Å². The maximum Gasteiger partial charge on any atom is 0.387 e. The van der Waals surface area contributed by atoms with Crippen molar-refractivity contribution < 1.29 is 27.9 Å². The highest BCUT2D eigenvalue weighted by Gasteiger charge is 2.46. The minimum absolute atomic E-state index is 0.00317. The summed E-state index contributed by atoms with van der Waals surface area (Å²) >= 11 is 5.83. The lowest BCUT2D eigenvalue weighted by Crippen LogP contribution is -2.34. The van der Waals surface area contributed by atoms with Crippen LogP contribution < -0.4 is 10.1 Å². The van der Waals surface area contributed by atoms with Crippen molar-refractivity contribution in [1.29, 1.82) is 0 Å². The molecular formula is C18H17ClF2N2O4. The van der Waals surface area contributed by atoms with Crippen molar-refractivity contribution in [1.82, 2.24) is 4.90 Å². The molecule has 2 atom stereocenters. The van der Waals surface area contributed by atoms with E-state index in [1.807, 2.05) is 12.2 Å². The summed E-state index contributed by atoms with van der Waals surface area (Å²) in [6.07, 6.45) is 4.81. The fourth-order valence-corrected chi connectivity index (χ4v) is 3.52. The first kappa shape index (κ1) is 19.3. The van der Waals surface area contributed by atoms with Crippen LogP contribution >= 0.6 is 11.6 Å². The number of halogens is 3. The lowest BCUT2D eigenvalue weighted by atomic mass is 9.85. The highest BCUT2D eigenvalue weighted by atomic mass is 35.5. The van der Waals surface area contributed by atoms with E-state index in [1.54, 1.807) is 0 Å². The van der Waals surface area contributed by atoms with Crippen LogP contribution in [-0.4, -0.2) is 35.8 Å². The molecule has 1 fully saturated rings. The Morgan fingerprint density at radius 3 is 2.41 bits per heavy atom. The number of imide groups is 1. The van der Waals surface area contributed by atoms with Crippen LogP contribution in [0.4, 0.5) is 14.5 Å². The number of nitrogens with one attached hydrogen (secondary N) is 1. The van der Waals surface area contributed by atoms with Crippen LogP contribution in [-0.2, 0) is 14.4 Å². The van der Waals surface area contributed by atoms with E-state index in [9.17, 15) is 23.2 Å². The van der Waals surface area contributed by atoms with Crippen molar-refractivity contribution in [2.45, 2.75) is 25.9 Å². The minimum atomic E-state index is -3.00. The third kappa shape index (κ3) is 4.27. The summed E-state index contributed by atoms with van der Waals surface area (Å²) in [6.45, 7) is -3.01. The molecule has 6 nitrogen and oxygen atoms in total. The van der Waals surface area contributed by atoms with Crippen LogP contribution in [0.5, 0.6) is 5.75 Å². The molecule has 3 amide bonds. The van der Waals surface area contributed by atoms with E-state index in [0.29, 0.717) is 18.5 Å². The van der Waals surface area contributed by atoms with Gasteiger partial charge in [0.05, 0.1) is 16.9 Å². The van der Waals surface area contributed by atoms with Crippen molar-refractivity contribution in [3.8, 4) is 5.75 Å². The second-order valence-electron chi connectivity index (χ2n) is 6.31. The summed E-state index contributed by atoms with van der Waals surface area (Å²) < 4.78 is 28.7. The van der Waals surface area contributed by atoms with E-state index in [0.717, 1.165) is 4.90 Å². The van der Waals surface area contributed by atoms with Gasteiger partial charge in [-0.2, -0.15) is 8.78 Å². The Hall–Kier alpha value is -2.48. The Kier molecular flexibility index (Phi) is 5.74. The Morgan fingerprint density at radius 2 is 1.85 bits per heavy atom. The molecule has 0 bridgehead atoms. The number of allylic oxidation sites excluding steroid dienone is 2. The summed E-state index contributed by atoms with van der Waals surface area (Å²) in [7, 11) is 0. The lowest BCUT2D eigenvalue weighted by Gasteiger charge is -2.14. The number of fused-ring (bicyclic) bond motifs is 1. The SMILES string of the molecule is O=C(CCN1C(=O)[C@H]2CC=CC[C@@H]2C1=O)Nc1ccc(OC(F)F)c(Cl)c1. The summed E-state index contributed by atoms with van der Waals surface area (Å²) in [5.41, 5.74) is 0.295. The van der Waals surface area contributed by atoms with Crippen molar-refractivity contribution >= 4 is 35.0 Å². The van der Waals surface area contributed by atoms with Crippen molar-refractivity contribution in [2.24, 2.45) is 11.8 Å². The quantitative estimate of drug-likeness (QED) is 0.589. The zero-order chi connectivity index (χ0) is 19.6. The molecule has 1 heterocycles. The van der Waals surface area contributed by atoms with Gasteiger partial charge in [0.25, 0.3) is 0 Å². The third-order valence-corrected chi connectivity index (χ3v) is 4.89. The van der Waals surface area contributed by atoms with Crippen LogP contribution in [0.2, 0.25) is 5.02 Å². The van der Waals surface area contributed by atoms with Crippen molar-refractivity contribution in [3.63, 3.8) is 0 Å². The standard InChI is InChI=1S/C18H17ClF2N2O4/c19-13-9-10(5-6-14(13)27-18(20)21)22-15(24)7-8-23-16(25)11-3-1-2-4-12(11)17(23)26/h1-2,5-6,9,11-12,18H,3-4,7-8H2,(H,22,24)/t11-,12-/m0/s1. The van der Waals surface area contributed by atoms with Gasteiger partial charge in [-0.05, 0) is 31.0 Å². The fourth-order valence-electron chi connectivity index (χ4n) is 3.30. The van der Waals surface area contributed by atoms with Crippen LogP contribution in [0.1, 0.15) is 19.3 Å². The highest BCUT2D eigenvalue weighted by Crippen LogP contribution is 2.35. The number of amides is 3. The molecule has 2 aliphatic rings. The number of alkyl halides is 2. The van der Waals surface area contributed by atoms with Gasteiger partial charge in [-0.3, -0.25) is 19.3 Å². The number of carbonyl (C=O) groups is 3. The molecule has 1 aliphatic carbocycles.